The van der Waals surface area contributed by atoms with Crippen LogP contribution in [0.2, 0.25) is 0 Å². The second-order valence-corrected chi connectivity index (χ2v) is 5.47. The van der Waals surface area contributed by atoms with Crippen molar-refractivity contribution < 1.29 is 13.9 Å². The van der Waals surface area contributed by atoms with E-state index in [-0.39, 0.29) is 5.82 Å². The third-order valence-electron chi connectivity index (χ3n) is 2.72. The predicted octanol–water partition coefficient (Wildman–Crippen LogP) is 3.23. The number of carbonyl (C=O) groups is 1. The van der Waals surface area contributed by atoms with E-state index >= 15 is 0 Å². The standard InChI is InChI=1S/C14H15FN2O2S/c1-8-4-10(15)6-11(5-8)17-13(14(18)19-3)12-7-20-9(2)16-12/h4-7,13,17H,1-3H3. The minimum atomic E-state index is -0.744. The fourth-order valence-electron chi connectivity index (χ4n) is 1.87. The van der Waals surface area contributed by atoms with Crippen LogP contribution in [-0.2, 0) is 9.53 Å². The van der Waals surface area contributed by atoms with Crippen molar-refractivity contribution >= 4 is 23.0 Å². The molecule has 2 aromatic rings. The van der Waals surface area contributed by atoms with Crippen LogP contribution in [0, 0.1) is 19.7 Å². The summed E-state index contributed by atoms with van der Waals surface area (Å²) < 4.78 is 18.2. The third-order valence-corrected chi connectivity index (χ3v) is 3.51. The molecule has 0 aliphatic rings. The number of carbonyl (C=O) groups excluding carboxylic acids is 1. The van der Waals surface area contributed by atoms with Gasteiger partial charge in [0, 0.05) is 11.1 Å². The third kappa shape index (κ3) is 3.33. The minimum absolute atomic E-state index is 0.356. The monoisotopic (exact) mass is 294 g/mol. The first-order chi connectivity index (χ1) is 9.49. The number of hydrogen-bond donors (Lipinski definition) is 1. The van der Waals surface area contributed by atoms with Crippen LogP contribution in [0.5, 0.6) is 0 Å². The smallest absolute Gasteiger partial charge is 0.334 e. The van der Waals surface area contributed by atoms with Crippen LogP contribution >= 0.6 is 11.3 Å². The summed E-state index contributed by atoms with van der Waals surface area (Å²) in [5, 5.41) is 5.61. The molecule has 20 heavy (non-hydrogen) atoms. The van der Waals surface area contributed by atoms with Crippen LogP contribution in [-0.4, -0.2) is 18.1 Å². The van der Waals surface area contributed by atoms with Gasteiger partial charge in [0.1, 0.15) is 5.82 Å². The van der Waals surface area contributed by atoms with Crippen molar-refractivity contribution in [2.24, 2.45) is 0 Å². The van der Waals surface area contributed by atoms with Gasteiger partial charge < -0.3 is 10.1 Å². The van der Waals surface area contributed by atoms with E-state index in [2.05, 4.69) is 10.3 Å². The quantitative estimate of drug-likeness (QED) is 0.880. The predicted molar refractivity (Wildman–Crippen MR) is 76.4 cm³/mol. The molecule has 1 N–H and O–H groups in total. The molecule has 1 unspecified atom stereocenters. The molecule has 0 saturated heterocycles. The van der Waals surface area contributed by atoms with Gasteiger partial charge >= 0.3 is 5.97 Å². The number of methoxy groups -OCH3 is 1. The molecule has 0 spiro atoms. The fourth-order valence-corrected chi connectivity index (χ4v) is 2.51. The van der Waals surface area contributed by atoms with Crippen molar-refractivity contribution in [1.29, 1.82) is 0 Å². The maximum Gasteiger partial charge on any atom is 0.334 e. The summed E-state index contributed by atoms with van der Waals surface area (Å²) in [7, 11) is 1.31. The first-order valence-corrected chi connectivity index (χ1v) is 6.91. The topological polar surface area (TPSA) is 51.2 Å². The molecular formula is C14H15FN2O2S. The zero-order chi connectivity index (χ0) is 14.7. The molecule has 6 heteroatoms. The highest BCUT2D eigenvalue weighted by molar-refractivity contribution is 7.09. The molecule has 2 rings (SSSR count). The van der Waals surface area contributed by atoms with Gasteiger partial charge in [-0.3, -0.25) is 0 Å². The van der Waals surface area contributed by atoms with Crippen molar-refractivity contribution in [3.05, 3.63) is 45.7 Å². The summed E-state index contributed by atoms with van der Waals surface area (Å²) >= 11 is 1.44. The van der Waals surface area contributed by atoms with E-state index in [1.165, 1.54) is 30.6 Å². The average molecular weight is 294 g/mol. The number of rotatable bonds is 4. The lowest BCUT2D eigenvalue weighted by atomic mass is 10.1. The molecule has 0 radical (unpaired) electrons. The maximum absolute atomic E-state index is 13.4. The average Bonchev–Trinajstić information content (AvgIpc) is 2.80. The number of nitrogens with zero attached hydrogens (tertiary/aromatic N) is 1. The van der Waals surface area contributed by atoms with Gasteiger partial charge in [-0.1, -0.05) is 0 Å². The Balaban J connectivity index is 2.30. The lowest BCUT2D eigenvalue weighted by Crippen LogP contribution is -2.22. The number of halogens is 1. The highest BCUT2D eigenvalue weighted by atomic mass is 32.1. The van der Waals surface area contributed by atoms with Crippen LogP contribution in [0.15, 0.2) is 23.6 Å². The van der Waals surface area contributed by atoms with Crippen molar-refractivity contribution in [3.8, 4) is 0 Å². The van der Waals surface area contributed by atoms with E-state index in [1.807, 2.05) is 6.92 Å². The van der Waals surface area contributed by atoms with E-state index in [1.54, 1.807) is 18.4 Å². The van der Waals surface area contributed by atoms with Crippen LogP contribution in [0.3, 0.4) is 0 Å². The van der Waals surface area contributed by atoms with Crippen LogP contribution < -0.4 is 5.32 Å². The number of esters is 1. The highest BCUT2D eigenvalue weighted by Crippen LogP contribution is 2.23. The Morgan fingerprint density at radius 2 is 2.15 bits per heavy atom. The Labute approximate surface area is 120 Å². The molecule has 1 aromatic carbocycles. The van der Waals surface area contributed by atoms with Gasteiger partial charge in [0.25, 0.3) is 0 Å². The van der Waals surface area contributed by atoms with Gasteiger partial charge in [0.15, 0.2) is 6.04 Å². The largest absolute Gasteiger partial charge is 0.467 e. The number of thiazole rings is 1. The Hall–Kier alpha value is -1.95. The number of aryl methyl sites for hydroxylation is 2. The minimum Gasteiger partial charge on any atom is -0.467 e. The Morgan fingerprint density at radius 1 is 1.40 bits per heavy atom. The molecule has 0 amide bonds. The molecular weight excluding hydrogens is 279 g/mol. The van der Waals surface area contributed by atoms with E-state index < -0.39 is 12.0 Å². The van der Waals surface area contributed by atoms with E-state index in [0.717, 1.165) is 10.6 Å². The fraction of sp³-hybridized carbons (Fsp3) is 0.286. The lowest BCUT2D eigenvalue weighted by molar-refractivity contribution is -0.141. The molecule has 0 aliphatic carbocycles. The van der Waals surface area contributed by atoms with E-state index in [9.17, 15) is 9.18 Å². The summed E-state index contributed by atoms with van der Waals surface area (Å²) in [5.41, 5.74) is 1.86. The molecule has 0 aliphatic heterocycles. The van der Waals surface area contributed by atoms with Gasteiger partial charge in [-0.15, -0.1) is 11.3 Å². The summed E-state index contributed by atoms with van der Waals surface area (Å²) in [6.07, 6.45) is 0. The van der Waals surface area contributed by atoms with Gasteiger partial charge in [0.05, 0.1) is 17.8 Å². The zero-order valence-electron chi connectivity index (χ0n) is 11.4. The van der Waals surface area contributed by atoms with Gasteiger partial charge in [0.2, 0.25) is 0 Å². The Morgan fingerprint density at radius 3 is 2.70 bits per heavy atom. The molecule has 1 aromatic heterocycles. The summed E-state index contributed by atoms with van der Waals surface area (Å²) in [4.78, 5) is 16.2. The Bertz CT molecular complexity index is 607. The van der Waals surface area contributed by atoms with Crippen molar-refractivity contribution in [3.63, 3.8) is 0 Å². The Kier molecular flexibility index (Phi) is 4.34. The summed E-state index contributed by atoms with van der Waals surface area (Å²) in [6.45, 7) is 3.64. The molecule has 0 fully saturated rings. The first-order valence-electron chi connectivity index (χ1n) is 6.03. The second kappa shape index (κ2) is 6.00. The number of hydrogen-bond acceptors (Lipinski definition) is 5. The SMILES string of the molecule is COC(=O)C(Nc1cc(C)cc(F)c1)c1csc(C)n1. The lowest BCUT2D eigenvalue weighted by Gasteiger charge is -2.16. The second-order valence-electron chi connectivity index (χ2n) is 4.41. The van der Waals surface area contributed by atoms with E-state index in [0.29, 0.717) is 11.4 Å². The van der Waals surface area contributed by atoms with Gasteiger partial charge in [-0.25, -0.2) is 14.2 Å². The zero-order valence-corrected chi connectivity index (χ0v) is 12.3. The molecule has 1 atom stereocenters. The number of anilines is 1. The van der Waals surface area contributed by atoms with E-state index in [4.69, 9.17) is 4.74 Å². The van der Waals surface area contributed by atoms with Crippen molar-refractivity contribution in [2.45, 2.75) is 19.9 Å². The molecule has 106 valence electrons. The van der Waals surface area contributed by atoms with Crippen molar-refractivity contribution in [1.82, 2.24) is 4.98 Å². The molecule has 0 bridgehead atoms. The summed E-state index contributed by atoms with van der Waals surface area (Å²) in [6, 6.07) is 3.78. The number of aromatic nitrogens is 1. The van der Waals surface area contributed by atoms with Crippen LogP contribution in [0.1, 0.15) is 22.3 Å². The molecule has 4 nitrogen and oxygen atoms in total. The van der Waals surface area contributed by atoms with Gasteiger partial charge in [-0.05, 0) is 37.6 Å². The molecule has 1 heterocycles. The number of ether oxygens (including phenoxy) is 1. The van der Waals surface area contributed by atoms with Gasteiger partial charge in [-0.2, -0.15) is 0 Å². The van der Waals surface area contributed by atoms with Crippen molar-refractivity contribution in [2.75, 3.05) is 12.4 Å². The number of benzene rings is 1. The number of nitrogens with one attached hydrogen (secondary N) is 1. The van der Waals surface area contributed by atoms with Crippen LogP contribution in [0.25, 0.3) is 0 Å². The normalized spacial score (nSPS) is 12.0. The highest BCUT2D eigenvalue weighted by Gasteiger charge is 2.24. The first kappa shape index (κ1) is 14.5. The summed E-state index contributed by atoms with van der Waals surface area (Å²) in [5.74, 6) is -0.817. The molecule has 0 saturated carbocycles. The maximum atomic E-state index is 13.4. The van der Waals surface area contributed by atoms with Crippen LogP contribution in [0.4, 0.5) is 10.1 Å².